The van der Waals surface area contributed by atoms with E-state index in [1.165, 1.54) is 56.9 Å². The standard InChI is InChI=1S/C10H18.C9H15B.2C2H6/c1-8(2)10-6-4-9(3)5-7-10;1-7-3-5-9(6-4-7)8(2)10;2*1-2/h9-10H,1,4-7H2,2-3H3;7,9H,2-6H2,1H3;2*1-2H3. The zero-order valence-electron chi connectivity index (χ0n) is 18.0. The first-order valence-corrected chi connectivity index (χ1v) is 10.5. The lowest BCUT2D eigenvalue weighted by molar-refractivity contribution is 0.321. The molecule has 140 valence electrons. The average Bonchev–Trinajstić information content (AvgIpc) is 2.60. The van der Waals surface area contributed by atoms with E-state index in [2.05, 4.69) is 33.9 Å². The smallest absolute Gasteiger partial charge is 0.107 e. The molecule has 0 atom stereocenters. The van der Waals surface area contributed by atoms with Gasteiger partial charge < -0.3 is 0 Å². The predicted molar refractivity (Wildman–Crippen MR) is 115 cm³/mol. The maximum Gasteiger partial charge on any atom is 0.107 e. The summed E-state index contributed by atoms with van der Waals surface area (Å²) < 4.78 is 0. The highest BCUT2D eigenvalue weighted by Crippen LogP contribution is 2.32. The van der Waals surface area contributed by atoms with Crippen LogP contribution in [0.15, 0.2) is 24.2 Å². The Labute approximate surface area is 156 Å². The molecule has 0 saturated heterocycles. The van der Waals surface area contributed by atoms with Gasteiger partial charge in [-0.2, -0.15) is 0 Å². The van der Waals surface area contributed by atoms with Gasteiger partial charge in [-0.05, 0) is 56.3 Å². The van der Waals surface area contributed by atoms with Gasteiger partial charge >= 0.3 is 0 Å². The minimum atomic E-state index is 0.621. The second kappa shape index (κ2) is 16.0. The Kier molecular flexibility index (Phi) is 17.2. The summed E-state index contributed by atoms with van der Waals surface area (Å²) in [6, 6.07) is 0. The summed E-state index contributed by atoms with van der Waals surface area (Å²) in [5.74, 6) is 3.35. The van der Waals surface area contributed by atoms with Gasteiger partial charge in [0, 0.05) is 0 Å². The van der Waals surface area contributed by atoms with Crippen LogP contribution >= 0.6 is 0 Å². The minimum absolute atomic E-state index is 0.621. The third-order valence-electron chi connectivity index (χ3n) is 5.25. The first-order chi connectivity index (χ1) is 11.4. The van der Waals surface area contributed by atoms with Crippen molar-refractivity contribution in [3.05, 3.63) is 24.2 Å². The fraction of sp³-hybridized carbons (Fsp3) is 0.826. The molecule has 2 aliphatic rings. The first-order valence-electron chi connectivity index (χ1n) is 10.5. The molecule has 0 unspecified atom stereocenters. The van der Waals surface area contributed by atoms with Crippen LogP contribution in [-0.2, 0) is 0 Å². The van der Waals surface area contributed by atoms with Crippen molar-refractivity contribution in [2.45, 2.75) is 99.8 Å². The van der Waals surface area contributed by atoms with Crippen molar-refractivity contribution in [3.63, 3.8) is 0 Å². The molecule has 0 aromatic heterocycles. The van der Waals surface area contributed by atoms with Gasteiger partial charge in [0.25, 0.3) is 0 Å². The van der Waals surface area contributed by atoms with Crippen LogP contribution in [-0.4, -0.2) is 7.85 Å². The molecule has 0 spiro atoms. The lowest BCUT2D eigenvalue weighted by Gasteiger charge is -2.26. The fourth-order valence-electron chi connectivity index (χ4n) is 3.38. The van der Waals surface area contributed by atoms with Crippen LogP contribution in [0.2, 0.25) is 0 Å². The van der Waals surface area contributed by atoms with E-state index in [0.29, 0.717) is 5.92 Å². The second-order valence-electron chi connectivity index (χ2n) is 7.33. The Morgan fingerprint density at radius 1 is 0.667 bits per heavy atom. The third kappa shape index (κ3) is 12.0. The SMILES string of the molecule is C=C(C)C1CCC(C)CC1.CC.CC.[B]C(=C)C1CCC(C)CC1. The molecule has 2 aliphatic carbocycles. The van der Waals surface area contributed by atoms with Crippen LogP contribution < -0.4 is 0 Å². The molecule has 2 rings (SSSR count). The zero-order valence-corrected chi connectivity index (χ0v) is 18.0. The van der Waals surface area contributed by atoms with E-state index in [-0.39, 0.29) is 0 Å². The maximum atomic E-state index is 5.62. The van der Waals surface area contributed by atoms with Gasteiger partial charge in [-0.25, -0.2) is 0 Å². The Balaban J connectivity index is 0. The summed E-state index contributed by atoms with van der Waals surface area (Å²) in [6.45, 7) is 22.6. The molecular weight excluding hydrogens is 287 g/mol. The third-order valence-corrected chi connectivity index (χ3v) is 5.25. The van der Waals surface area contributed by atoms with Gasteiger partial charge in [0.1, 0.15) is 7.85 Å². The maximum absolute atomic E-state index is 5.62. The molecule has 24 heavy (non-hydrogen) atoms. The van der Waals surface area contributed by atoms with E-state index >= 15 is 0 Å². The van der Waals surface area contributed by atoms with Gasteiger partial charge in [-0.3, -0.25) is 0 Å². The van der Waals surface area contributed by atoms with E-state index in [9.17, 15) is 0 Å². The molecule has 2 radical (unpaired) electrons. The van der Waals surface area contributed by atoms with Crippen molar-refractivity contribution in [3.8, 4) is 0 Å². The number of rotatable bonds is 2. The Morgan fingerprint density at radius 2 is 0.958 bits per heavy atom. The molecule has 0 N–H and O–H groups in total. The molecule has 1 heteroatoms. The van der Waals surface area contributed by atoms with Crippen molar-refractivity contribution in [1.82, 2.24) is 0 Å². The molecule has 0 aromatic rings. The Bertz CT molecular complexity index is 270. The number of hydrogen-bond acceptors (Lipinski definition) is 0. The van der Waals surface area contributed by atoms with Crippen LogP contribution in [0.25, 0.3) is 0 Å². The van der Waals surface area contributed by atoms with Crippen LogP contribution in [0.5, 0.6) is 0 Å². The summed E-state index contributed by atoms with van der Waals surface area (Å²) in [5, 5.41) is 0. The van der Waals surface area contributed by atoms with Crippen LogP contribution in [0.4, 0.5) is 0 Å². The molecular formula is C23H45B. The summed E-state index contributed by atoms with van der Waals surface area (Å²) in [6.07, 6.45) is 10.8. The van der Waals surface area contributed by atoms with E-state index in [0.717, 1.165) is 23.2 Å². The molecule has 2 fully saturated rings. The highest BCUT2D eigenvalue weighted by molar-refractivity contribution is 6.21. The van der Waals surface area contributed by atoms with Crippen molar-refractivity contribution in [2.75, 3.05) is 0 Å². The number of hydrogen-bond donors (Lipinski definition) is 0. The normalized spacial score (nSPS) is 28.6. The topological polar surface area (TPSA) is 0 Å². The summed E-state index contributed by atoms with van der Waals surface area (Å²) in [7, 11) is 5.62. The monoisotopic (exact) mass is 332 g/mol. The van der Waals surface area contributed by atoms with Crippen LogP contribution in [0, 0.1) is 23.7 Å². The van der Waals surface area contributed by atoms with Crippen molar-refractivity contribution in [2.24, 2.45) is 23.7 Å². The van der Waals surface area contributed by atoms with Gasteiger partial charge in [0.05, 0.1) is 0 Å². The van der Waals surface area contributed by atoms with E-state index in [1.807, 2.05) is 27.7 Å². The van der Waals surface area contributed by atoms with Gasteiger partial charge in [0.15, 0.2) is 0 Å². The molecule has 0 bridgehead atoms. The van der Waals surface area contributed by atoms with E-state index < -0.39 is 0 Å². The molecule has 0 heterocycles. The van der Waals surface area contributed by atoms with Crippen molar-refractivity contribution >= 4 is 7.85 Å². The lowest BCUT2D eigenvalue weighted by atomic mass is 9.73. The lowest BCUT2D eigenvalue weighted by Crippen LogP contribution is -2.13. The average molecular weight is 332 g/mol. The highest BCUT2D eigenvalue weighted by Gasteiger charge is 2.18. The molecule has 2 saturated carbocycles. The van der Waals surface area contributed by atoms with Crippen molar-refractivity contribution < 1.29 is 0 Å². The van der Waals surface area contributed by atoms with Crippen LogP contribution in [0.3, 0.4) is 0 Å². The Morgan fingerprint density at radius 3 is 1.21 bits per heavy atom. The Hall–Kier alpha value is -0.455. The molecule has 0 aromatic carbocycles. The molecule has 0 nitrogen and oxygen atoms in total. The summed E-state index contributed by atoms with van der Waals surface area (Å²) >= 11 is 0. The molecule has 0 aliphatic heterocycles. The van der Waals surface area contributed by atoms with E-state index in [1.54, 1.807) is 0 Å². The highest BCUT2D eigenvalue weighted by atomic mass is 14.2. The fourth-order valence-corrected chi connectivity index (χ4v) is 3.38. The van der Waals surface area contributed by atoms with Gasteiger partial charge in [0.2, 0.25) is 0 Å². The van der Waals surface area contributed by atoms with Gasteiger partial charge in [-0.1, -0.05) is 79.4 Å². The summed E-state index contributed by atoms with van der Waals surface area (Å²) in [5.41, 5.74) is 2.29. The zero-order chi connectivity index (χ0) is 19.1. The van der Waals surface area contributed by atoms with Crippen LogP contribution in [0.1, 0.15) is 99.8 Å². The number of allylic oxidation sites excluding steroid dienone is 2. The quantitative estimate of drug-likeness (QED) is 0.355. The predicted octanol–water partition coefficient (Wildman–Crippen LogP) is 7.94. The largest absolute Gasteiger partial charge is 0.122 e. The second-order valence-corrected chi connectivity index (χ2v) is 7.33. The first kappa shape index (κ1) is 25.8. The van der Waals surface area contributed by atoms with Gasteiger partial charge in [-0.15, -0.1) is 12.1 Å². The van der Waals surface area contributed by atoms with E-state index in [4.69, 9.17) is 7.85 Å². The minimum Gasteiger partial charge on any atom is -0.122 e. The summed E-state index contributed by atoms with van der Waals surface area (Å²) in [4.78, 5) is 0. The van der Waals surface area contributed by atoms with Crippen molar-refractivity contribution in [1.29, 1.82) is 0 Å². The molecule has 0 amide bonds.